The number of sulfone groups is 1. The maximum Gasteiger partial charge on any atom is 0.425 e. The second-order valence-corrected chi connectivity index (χ2v) is 10.1. The summed E-state index contributed by atoms with van der Waals surface area (Å²) in [4.78, 5) is 18.9. The zero-order valence-corrected chi connectivity index (χ0v) is 21.6. The van der Waals surface area contributed by atoms with Crippen LogP contribution >= 0.6 is 0 Å². The van der Waals surface area contributed by atoms with Crippen molar-refractivity contribution in [2.75, 3.05) is 37.3 Å². The van der Waals surface area contributed by atoms with Gasteiger partial charge in [-0.15, -0.1) is 0 Å². The van der Waals surface area contributed by atoms with Crippen LogP contribution in [0.15, 0.2) is 35.4 Å². The summed E-state index contributed by atoms with van der Waals surface area (Å²) < 4.78 is 120. The van der Waals surface area contributed by atoms with Gasteiger partial charge in [-0.2, -0.15) is 26.3 Å². The summed E-state index contributed by atoms with van der Waals surface area (Å²) in [6.07, 6.45) is -10.5. The van der Waals surface area contributed by atoms with Crippen molar-refractivity contribution in [2.24, 2.45) is 0 Å². The van der Waals surface area contributed by atoms with E-state index < -0.39 is 56.9 Å². The van der Waals surface area contributed by atoms with Crippen molar-refractivity contribution < 1.29 is 48.7 Å². The third-order valence-electron chi connectivity index (χ3n) is 5.39. The first kappa shape index (κ1) is 31.1. The van der Waals surface area contributed by atoms with E-state index in [9.17, 15) is 43.9 Å². The summed E-state index contributed by atoms with van der Waals surface area (Å²) in [6.45, 7) is 4.42. The van der Waals surface area contributed by atoms with E-state index >= 15 is 0 Å². The van der Waals surface area contributed by atoms with Crippen molar-refractivity contribution in [3.05, 3.63) is 47.4 Å². The molecule has 1 atom stereocenters. The second-order valence-electron chi connectivity index (χ2n) is 8.04. The van der Waals surface area contributed by atoms with Crippen LogP contribution in [0.25, 0.3) is 0 Å². The smallest absolute Gasteiger partial charge is 0.425 e. The number of halogens is 7. The van der Waals surface area contributed by atoms with Crippen molar-refractivity contribution in [3.8, 4) is 5.75 Å². The van der Waals surface area contributed by atoms with Crippen LogP contribution < -0.4 is 9.64 Å². The Balaban J connectivity index is 0.00000247. The lowest BCUT2D eigenvalue weighted by molar-refractivity contribution is -0.189. The number of hydrogen-bond acceptors (Lipinski definition) is 6. The van der Waals surface area contributed by atoms with E-state index in [2.05, 4.69) is 4.98 Å². The van der Waals surface area contributed by atoms with E-state index in [0.717, 1.165) is 31.4 Å². The molecule has 1 aliphatic rings. The van der Waals surface area contributed by atoms with Crippen LogP contribution in [0.1, 0.15) is 36.7 Å². The van der Waals surface area contributed by atoms with E-state index in [0.29, 0.717) is 12.3 Å². The third-order valence-corrected chi connectivity index (χ3v) is 6.50. The Bertz CT molecular complexity index is 1240. The largest absolute Gasteiger partial charge is 0.480 e. The van der Waals surface area contributed by atoms with Crippen LogP contribution in [-0.4, -0.2) is 68.9 Å². The highest BCUT2D eigenvalue weighted by atomic mass is 32.2. The third kappa shape index (κ3) is 7.48. The molecule has 1 unspecified atom stereocenters. The molecule has 0 radical (unpaired) electrons. The summed E-state index contributed by atoms with van der Waals surface area (Å²) >= 11 is 0. The lowest BCUT2D eigenvalue weighted by Gasteiger charge is -2.36. The Morgan fingerprint density at radius 1 is 1.03 bits per heavy atom. The maximum atomic E-state index is 14.3. The highest BCUT2D eigenvalue weighted by molar-refractivity contribution is 7.90. The first-order valence-electron chi connectivity index (χ1n) is 11.3. The maximum absolute atomic E-state index is 14.3. The number of amides is 1. The molecule has 1 amide bonds. The molecule has 38 heavy (non-hydrogen) atoms. The minimum Gasteiger partial charge on any atom is -0.480 e. The minimum absolute atomic E-state index is 0.0536. The normalized spacial score (nSPS) is 15.4. The van der Waals surface area contributed by atoms with Crippen molar-refractivity contribution in [2.45, 2.75) is 44.1 Å². The molecule has 7 nitrogen and oxygen atoms in total. The number of carbonyl (C=O) groups is 1. The molecule has 0 aliphatic carbocycles. The molecular formula is C23H26F7N3O4S. The summed E-state index contributed by atoms with van der Waals surface area (Å²) in [5, 5.41) is 0. The summed E-state index contributed by atoms with van der Waals surface area (Å²) in [5.41, 5.74) is -1.68. The number of aromatic nitrogens is 1. The fraction of sp³-hybridized carbons (Fsp3) is 0.478. The number of benzene rings is 1. The van der Waals surface area contributed by atoms with Crippen molar-refractivity contribution in [3.63, 3.8) is 0 Å². The van der Waals surface area contributed by atoms with Crippen LogP contribution in [0.2, 0.25) is 0 Å². The molecule has 1 fully saturated rings. The Morgan fingerprint density at radius 2 is 1.61 bits per heavy atom. The standard InChI is InChI=1S/C21H20F7N3O4S.C2H6/c1-12(20(23,24)25)35-17-4-3-14(36(2,33)34)10-15(17)19(32)31-7-5-30(6-8-31)18-16(22)9-13(11-29-18)21(26,27)28;1-2/h3-4,9-12H,5-8H2,1-2H3;1-2H3. The van der Waals surface area contributed by atoms with Crippen LogP contribution in [0, 0.1) is 5.82 Å². The second kappa shape index (κ2) is 11.7. The summed E-state index contributed by atoms with van der Waals surface area (Å²) in [5.74, 6) is -2.86. The molecule has 3 rings (SSSR count). The summed E-state index contributed by atoms with van der Waals surface area (Å²) in [6, 6.07) is 3.20. The Kier molecular flexibility index (Phi) is 9.62. The van der Waals surface area contributed by atoms with Gasteiger partial charge in [0.25, 0.3) is 5.91 Å². The quantitative estimate of drug-likeness (QED) is 0.471. The predicted molar refractivity (Wildman–Crippen MR) is 124 cm³/mol. The molecule has 2 heterocycles. The van der Waals surface area contributed by atoms with Crippen LogP contribution in [-0.2, 0) is 16.0 Å². The number of ether oxygens (including phenoxy) is 1. The van der Waals surface area contributed by atoms with Gasteiger partial charge in [-0.25, -0.2) is 17.8 Å². The zero-order chi connectivity index (χ0) is 29.1. The molecule has 0 bridgehead atoms. The van der Waals surface area contributed by atoms with Gasteiger partial charge >= 0.3 is 12.4 Å². The van der Waals surface area contributed by atoms with E-state index in [1.807, 2.05) is 13.8 Å². The van der Waals surface area contributed by atoms with Gasteiger partial charge in [0.1, 0.15) is 5.75 Å². The minimum atomic E-state index is -4.78. The molecular weight excluding hydrogens is 547 g/mol. The first-order valence-corrected chi connectivity index (χ1v) is 13.2. The lowest BCUT2D eigenvalue weighted by atomic mass is 10.1. The number of anilines is 1. The number of carbonyl (C=O) groups excluding carboxylic acids is 1. The van der Waals surface area contributed by atoms with Gasteiger partial charge in [0.15, 0.2) is 27.6 Å². The molecule has 0 N–H and O–H groups in total. The fourth-order valence-corrected chi connectivity index (χ4v) is 4.02. The molecule has 1 aromatic heterocycles. The molecule has 1 aliphatic heterocycles. The molecule has 0 saturated carbocycles. The summed E-state index contributed by atoms with van der Waals surface area (Å²) in [7, 11) is -3.81. The molecule has 0 spiro atoms. The van der Waals surface area contributed by atoms with Crippen molar-refractivity contribution in [1.82, 2.24) is 9.88 Å². The number of rotatable bonds is 5. The number of nitrogens with zero attached hydrogens (tertiary/aromatic N) is 3. The van der Waals surface area contributed by atoms with E-state index in [1.165, 1.54) is 9.80 Å². The van der Waals surface area contributed by atoms with E-state index in [1.54, 1.807) is 0 Å². The lowest BCUT2D eigenvalue weighted by Crippen LogP contribution is -2.49. The van der Waals surface area contributed by atoms with Gasteiger partial charge in [0, 0.05) is 38.6 Å². The topological polar surface area (TPSA) is 79.8 Å². The van der Waals surface area contributed by atoms with Crippen molar-refractivity contribution in [1.29, 1.82) is 0 Å². The van der Waals surface area contributed by atoms with Gasteiger partial charge in [-0.05, 0) is 31.2 Å². The first-order chi connectivity index (χ1) is 17.5. The fourth-order valence-electron chi connectivity index (χ4n) is 3.38. The monoisotopic (exact) mass is 573 g/mol. The highest BCUT2D eigenvalue weighted by Gasteiger charge is 2.39. The molecule has 212 valence electrons. The Morgan fingerprint density at radius 3 is 2.08 bits per heavy atom. The van der Waals surface area contributed by atoms with Gasteiger partial charge in [0.2, 0.25) is 0 Å². The zero-order valence-electron chi connectivity index (χ0n) is 20.8. The SMILES string of the molecule is CC.CC(Oc1ccc(S(C)(=O)=O)cc1C(=O)N1CCN(c2ncc(C(F)(F)F)cc2F)CC1)C(F)(F)F. The van der Waals surface area contributed by atoms with Gasteiger partial charge in [-0.3, -0.25) is 4.79 Å². The highest BCUT2D eigenvalue weighted by Crippen LogP contribution is 2.32. The van der Waals surface area contributed by atoms with Crippen LogP contribution in [0.4, 0.5) is 36.6 Å². The molecule has 1 aromatic carbocycles. The number of alkyl halides is 6. The number of piperazine rings is 1. The van der Waals surface area contributed by atoms with Crippen LogP contribution in [0.3, 0.4) is 0 Å². The number of hydrogen-bond donors (Lipinski definition) is 0. The van der Waals surface area contributed by atoms with Crippen molar-refractivity contribution >= 4 is 21.6 Å². The molecule has 2 aromatic rings. The Labute approximate surface area is 215 Å². The number of pyridine rings is 1. The van der Waals surface area contributed by atoms with Crippen LogP contribution in [0.5, 0.6) is 5.75 Å². The van der Waals surface area contributed by atoms with Gasteiger partial charge in [-0.1, -0.05) is 13.8 Å². The average molecular weight is 574 g/mol. The molecule has 1 saturated heterocycles. The predicted octanol–water partition coefficient (Wildman–Crippen LogP) is 4.96. The molecule has 15 heteroatoms. The van der Waals surface area contributed by atoms with Gasteiger partial charge in [0.05, 0.1) is 16.0 Å². The van der Waals surface area contributed by atoms with E-state index in [-0.39, 0.29) is 36.9 Å². The van der Waals surface area contributed by atoms with Gasteiger partial charge < -0.3 is 14.5 Å². The Hall–Kier alpha value is -3.10. The van der Waals surface area contributed by atoms with E-state index in [4.69, 9.17) is 4.74 Å². The average Bonchev–Trinajstić information content (AvgIpc) is 2.83.